The van der Waals surface area contributed by atoms with Crippen molar-refractivity contribution in [1.29, 1.82) is 0 Å². The Morgan fingerprint density at radius 3 is 2.76 bits per heavy atom. The molecule has 1 amide bonds. The van der Waals surface area contributed by atoms with Crippen LogP contribution in [0.5, 0.6) is 11.5 Å². The van der Waals surface area contributed by atoms with Gasteiger partial charge in [-0.1, -0.05) is 0 Å². The molecule has 1 aromatic rings. The highest BCUT2D eigenvalue weighted by molar-refractivity contribution is 5.89. The smallest absolute Gasteiger partial charge is 0.221 e. The van der Waals surface area contributed by atoms with Crippen LogP contribution in [0.1, 0.15) is 6.92 Å². The van der Waals surface area contributed by atoms with Crippen LogP contribution in [0, 0.1) is 0 Å². The summed E-state index contributed by atoms with van der Waals surface area (Å²) >= 11 is 0. The van der Waals surface area contributed by atoms with Gasteiger partial charge < -0.3 is 25.4 Å². The third-order valence-corrected chi connectivity index (χ3v) is 1.92. The van der Waals surface area contributed by atoms with Crippen LogP contribution in [0.15, 0.2) is 18.2 Å². The minimum Gasteiger partial charge on any atom is -0.504 e. The van der Waals surface area contributed by atoms with Gasteiger partial charge in [0, 0.05) is 18.7 Å². The fraction of sp³-hybridized carbons (Fsp3) is 0.364. The second kappa shape index (κ2) is 6.07. The predicted octanol–water partition coefficient (Wildman–Crippen LogP) is 0.0826. The summed E-state index contributed by atoms with van der Waals surface area (Å²) in [5.74, 6) is -0.221. The summed E-state index contributed by atoms with van der Waals surface area (Å²) in [6.45, 7) is 0.827. The molecule has 4 N–H and O–H groups in total. The third kappa shape index (κ3) is 4.29. The molecule has 0 spiro atoms. The Bertz CT molecular complexity index is 393. The molecule has 0 aliphatic heterocycles. The normalized spacial score (nSPS) is 11.9. The maximum atomic E-state index is 10.8. The number of nitrogens with one attached hydrogen (secondary N) is 1. The van der Waals surface area contributed by atoms with Crippen LogP contribution in [0.25, 0.3) is 0 Å². The molecule has 0 saturated heterocycles. The zero-order chi connectivity index (χ0) is 12.8. The molecule has 6 heteroatoms. The van der Waals surface area contributed by atoms with Crippen LogP contribution in [0.4, 0.5) is 5.69 Å². The van der Waals surface area contributed by atoms with E-state index in [1.807, 2.05) is 0 Å². The van der Waals surface area contributed by atoms with Gasteiger partial charge in [-0.2, -0.15) is 0 Å². The summed E-state index contributed by atoms with van der Waals surface area (Å²) < 4.78 is 5.08. The van der Waals surface area contributed by atoms with Gasteiger partial charge in [-0.15, -0.1) is 0 Å². The van der Waals surface area contributed by atoms with Crippen LogP contribution in [-0.2, 0) is 4.79 Å². The lowest BCUT2D eigenvalue weighted by atomic mass is 10.2. The van der Waals surface area contributed by atoms with E-state index in [4.69, 9.17) is 14.9 Å². The second-order valence-electron chi connectivity index (χ2n) is 3.51. The van der Waals surface area contributed by atoms with Gasteiger partial charge in [0.15, 0.2) is 11.5 Å². The quantitative estimate of drug-likeness (QED) is 0.585. The van der Waals surface area contributed by atoms with Crippen molar-refractivity contribution in [3.05, 3.63) is 18.2 Å². The Balaban J connectivity index is 2.66. The van der Waals surface area contributed by atoms with Crippen molar-refractivity contribution >= 4 is 11.6 Å². The minimum atomic E-state index is -0.996. The largest absolute Gasteiger partial charge is 0.504 e. The average molecular weight is 241 g/mol. The maximum Gasteiger partial charge on any atom is 0.221 e. The first kappa shape index (κ1) is 13.3. The number of carbonyl (C=O) groups excluding carboxylic acids is 1. The molecule has 94 valence electrons. The fourth-order valence-corrected chi connectivity index (χ4v) is 1.16. The summed E-state index contributed by atoms with van der Waals surface area (Å²) in [5, 5.41) is 29.7. The number of benzene rings is 1. The molecule has 1 rings (SSSR count). The van der Waals surface area contributed by atoms with Crippen molar-refractivity contribution in [3.63, 3.8) is 0 Å². The number of phenols is 1. The van der Waals surface area contributed by atoms with Crippen LogP contribution in [0.2, 0.25) is 0 Å². The number of anilines is 1. The predicted molar refractivity (Wildman–Crippen MR) is 61.0 cm³/mol. The number of aliphatic hydroxyl groups excluding tert-OH is 2. The molecule has 1 aromatic carbocycles. The van der Waals surface area contributed by atoms with Crippen molar-refractivity contribution in [1.82, 2.24) is 0 Å². The number of rotatable bonds is 5. The van der Waals surface area contributed by atoms with E-state index in [1.54, 1.807) is 6.07 Å². The number of amides is 1. The molecule has 0 aliphatic carbocycles. The van der Waals surface area contributed by atoms with Gasteiger partial charge >= 0.3 is 0 Å². The number of phenolic OH excluding ortho intramolecular Hbond substituents is 1. The summed E-state index contributed by atoms with van der Waals surface area (Å²) in [4.78, 5) is 10.8. The molecule has 17 heavy (non-hydrogen) atoms. The molecular formula is C11H15NO5. The molecule has 0 bridgehead atoms. The summed E-state index contributed by atoms with van der Waals surface area (Å²) in [7, 11) is 0. The first-order valence-electron chi connectivity index (χ1n) is 5.05. The Hall–Kier alpha value is -1.79. The van der Waals surface area contributed by atoms with Gasteiger partial charge in [-0.05, 0) is 12.1 Å². The number of aromatic hydroxyl groups is 1. The van der Waals surface area contributed by atoms with Crippen LogP contribution < -0.4 is 10.1 Å². The van der Waals surface area contributed by atoms with E-state index in [0.717, 1.165) is 0 Å². The summed E-state index contributed by atoms with van der Waals surface area (Å²) in [6, 6.07) is 4.36. The summed E-state index contributed by atoms with van der Waals surface area (Å²) in [5.41, 5.74) is 0.449. The van der Waals surface area contributed by atoms with E-state index in [0.29, 0.717) is 5.69 Å². The van der Waals surface area contributed by atoms with Crippen molar-refractivity contribution in [3.8, 4) is 11.5 Å². The number of carbonyl (C=O) groups is 1. The van der Waals surface area contributed by atoms with Crippen LogP contribution in [-0.4, -0.2) is 40.5 Å². The highest BCUT2D eigenvalue weighted by atomic mass is 16.5. The van der Waals surface area contributed by atoms with Gasteiger partial charge in [0.25, 0.3) is 0 Å². The second-order valence-corrected chi connectivity index (χ2v) is 3.51. The molecule has 1 unspecified atom stereocenters. The van der Waals surface area contributed by atoms with Crippen molar-refractivity contribution in [2.24, 2.45) is 0 Å². The van der Waals surface area contributed by atoms with E-state index in [2.05, 4.69) is 5.32 Å². The molecule has 0 heterocycles. The van der Waals surface area contributed by atoms with E-state index < -0.39 is 12.7 Å². The number of hydrogen-bond donors (Lipinski definition) is 4. The van der Waals surface area contributed by atoms with Crippen molar-refractivity contribution in [2.75, 3.05) is 18.5 Å². The van der Waals surface area contributed by atoms with Gasteiger partial charge in [0.05, 0.1) is 6.61 Å². The van der Waals surface area contributed by atoms with E-state index >= 15 is 0 Å². The first-order valence-corrected chi connectivity index (χ1v) is 5.05. The SMILES string of the molecule is CC(=O)Nc1ccc(OCC(O)CO)c(O)c1. The zero-order valence-corrected chi connectivity index (χ0v) is 9.38. The lowest BCUT2D eigenvalue weighted by Gasteiger charge is -2.12. The molecule has 0 aliphatic rings. The molecule has 0 radical (unpaired) electrons. The minimum absolute atomic E-state index is 0.121. The molecule has 0 saturated carbocycles. The van der Waals surface area contributed by atoms with Gasteiger partial charge in [-0.25, -0.2) is 0 Å². The van der Waals surface area contributed by atoms with Crippen LogP contribution >= 0.6 is 0 Å². The van der Waals surface area contributed by atoms with Gasteiger partial charge in [0.1, 0.15) is 12.7 Å². The van der Waals surface area contributed by atoms with E-state index in [1.165, 1.54) is 19.1 Å². The van der Waals surface area contributed by atoms with E-state index in [-0.39, 0.29) is 24.0 Å². The third-order valence-electron chi connectivity index (χ3n) is 1.92. The standard InChI is InChI=1S/C11H15NO5/c1-7(14)12-8-2-3-11(10(16)4-8)17-6-9(15)5-13/h2-4,9,13,15-16H,5-6H2,1H3,(H,12,14). The number of hydrogen-bond acceptors (Lipinski definition) is 5. The molecular weight excluding hydrogens is 226 g/mol. The van der Waals surface area contributed by atoms with Gasteiger partial charge in [0.2, 0.25) is 5.91 Å². The Labute approximate surface area is 98.5 Å². The number of ether oxygens (including phenoxy) is 1. The van der Waals surface area contributed by atoms with Crippen molar-refractivity contribution in [2.45, 2.75) is 13.0 Å². The maximum absolute atomic E-state index is 10.8. The molecule has 6 nitrogen and oxygen atoms in total. The zero-order valence-electron chi connectivity index (χ0n) is 9.38. The van der Waals surface area contributed by atoms with Crippen LogP contribution in [0.3, 0.4) is 0 Å². The molecule has 1 atom stereocenters. The first-order chi connectivity index (χ1) is 8.02. The monoisotopic (exact) mass is 241 g/mol. The lowest BCUT2D eigenvalue weighted by molar-refractivity contribution is -0.114. The Morgan fingerprint density at radius 2 is 2.24 bits per heavy atom. The van der Waals surface area contributed by atoms with E-state index in [9.17, 15) is 9.90 Å². The number of aliphatic hydroxyl groups is 2. The Morgan fingerprint density at radius 1 is 1.53 bits per heavy atom. The van der Waals surface area contributed by atoms with Crippen molar-refractivity contribution < 1.29 is 24.9 Å². The molecule has 0 aromatic heterocycles. The summed E-state index contributed by atoms with van der Waals surface area (Å²) in [6.07, 6.45) is -0.996. The topological polar surface area (TPSA) is 99.0 Å². The highest BCUT2D eigenvalue weighted by Crippen LogP contribution is 2.29. The molecule has 0 fully saturated rings. The van der Waals surface area contributed by atoms with Gasteiger partial charge in [-0.3, -0.25) is 4.79 Å². The average Bonchev–Trinajstić information content (AvgIpc) is 2.26. The lowest BCUT2D eigenvalue weighted by Crippen LogP contribution is -2.21. The highest BCUT2D eigenvalue weighted by Gasteiger charge is 2.07. The Kier molecular flexibility index (Phi) is 4.74. The fourth-order valence-electron chi connectivity index (χ4n) is 1.16.